The van der Waals surface area contributed by atoms with Gasteiger partial charge in [-0.15, -0.1) is 0 Å². The minimum atomic E-state index is -0.509. The smallest absolute Gasteiger partial charge is 0.329 e. The zero-order chi connectivity index (χ0) is 15.0. The van der Waals surface area contributed by atoms with E-state index in [2.05, 4.69) is 20.6 Å². The summed E-state index contributed by atoms with van der Waals surface area (Å²) < 4.78 is 0. The van der Waals surface area contributed by atoms with Crippen LogP contribution in [-0.4, -0.2) is 39.2 Å². The largest absolute Gasteiger partial charge is 0.396 e. The Hall–Kier alpha value is -1.96. The number of anilines is 2. The fraction of sp³-hybridized carbons (Fsp3) is 0.667. The summed E-state index contributed by atoms with van der Waals surface area (Å²) in [5.74, 6) is 0.573. The third-order valence-electron chi connectivity index (χ3n) is 2.68. The third-order valence-corrected chi connectivity index (χ3v) is 2.68. The van der Waals surface area contributed by atoms with Crippen molar-refractivity contribution in [1.29, 1.82) is 0 Å². The Labute approximate surface area is 117 Å². The van der Waals surface area contributed by atoms with Gasteiger partial charge in [-0.1, -0.05) is 6.92 Å². The number of nitro groups is 1. The monoisotopic (exact) mass is 283 g/mol. The van der Waals surface area contributed by atoms with E-state index >= 15 is 0 Å². The first-order valence-corrected chi connectivity index (χ1v) is 6.71. The standard InChI is InChI=1S/C12H21N5O3/c1-3-6-13-12-14-8-10(17(19)20)11(16-12)15-9(2)5-4-7-18/h8-9,18H,3-7H2,1-2H3,(H2,13,14,15,16). The molecule has 1 heterocycles. The normalized spacial score (nSPS) is 11.9. The highest BCUT2D eigenvalue weighted by Crippen LogP contribution is 2.23. The minimum Gasteiger partial charge on any atom is -0.396 e. The molecule has 0 aliphatic carbocycles. The molecule has 20 heavy (non-hydrogen) atoms. The summed E-state index contributed by atoms with van der Waals surface area (Å²) in [7, 11) is 0. The van der Waals surface area contributed by atoms with E-state index in [1.54, 1.807) is 0 Å². The summed E-state index contributed by atoms with van der Waals surface area (Å²) in [4.78, 5) is 18.5. The molecule has 0 radical (unpaired) electrons. The van der Waals surface area contributed by atoms with Crippen molar-refractivity contribution in [2.24, 2.45) is 0 Å². The van der Waals surface area contributed by atoms with Gasteiger partial charge in [0.25, 0.3) is 0 Å². The predicted molar refractivity (Wildman–Crippen MR) is 76.9 cm³/mol. The highest BCUT2D eigenvalue weighted by atomic mass is 16.6. The minimum absolute atomic E-state index is 0.0187. The summed E-state index contributed by atoms with van der Waals surface area (Å²) in [5, 5.41) is 25.8. The molecule has 3 N–H and O–H groups in total. The first-order chi connectivity index (χ1) is 9.58. The van der Waals surface area contributed by atoms with Crippen molar-refractivity contribution in [3.8, 4) is 0 Å². The van der Waals surface area contributed by atoms with Crippen molar-refractivity contribution in [2.45, 2.75) is 39.2 Å². The van der Waals surface area contributed by atoms with Crippen LogP contribution in [0.2, 0.25) is 0 Å². The van der Waals surface area contributed by atoms with Crippen molar-refractivity contribution in [3.63, 3.8) is 0 Å². The number of aliphatic hydroxyl groups excluding tert-OH is 1. The molecule has 1 rings (SSSR count). The van der Waals surface area contributed by atoms with E-state index in [0.29, 0.717) is 25.3 Å². The second-order valence-corrected chi connectivity index (χ2v) is 4.52. The van der Waals surface area contributed by atoms with E-state index in [1.165, 1.54) is 6.20 Å². The average molecular weight is 283 g/mol. The predicted octanol–water partition coefficient (Wildman–Crippen LogP) is 1.78. The summed E-state index contributed by atoms with van der Waals surface area (Å²) in [6, 6.07) is -0.0187. The van der Waals surface area contributed by atoms with Gasteiger partial charge in [0.05, 0.1) is 4.92 Å². The van der Waals surface area contributed by atoms with Gasteiger partial charge >= 0.3 is 5.69 Å². The fourth-order valence-corrected chi connectivity index (χ4v) is 1.64. The molecule has 0 saturated carbocycles. The maximum absolute atomic E-state index is 11.0. The van der Waals surface area contributed by atoms with Crippen molar-refractivity contribution in [1.82, 2.24) is 9.97 Å². The van der Waals surface area contributed by atoms with Crippen LogP contribution in [0.15, 0.2) is 6.20 Å². The molecular weight excluding hydrogens is 262 g/mol. The lowest BCUT2D eigenvalue weighted by molar-refractivity contribution is -0.384. The van der Waals surface area contributed by atoms with Gasteiger partial charge in [-0.25, -0.2) is 4.98 Å². The zero-order valence-electron chi connectivity index (χ0n) is 11.8. The third kappa shape index (κ3) is 4.96. The quantitative estimate of drug-likeness (QED) is 0.467. The van der Waals surface area contributed by atoms with Crippen molar-refractivity contribution in [2.75, 3.05) is 23.8 Å². The Kier molecular flexibility index (Phi) is 6.65. The highest BCUT2D eigenvalue weighted by Gasteiger charge is 2.18. The topological polar surface area (TPSA) is 113 Å². The second kappa shape index (κ2) is 8.26. The Bertz CT molecular complexity index is 441. The SMILES string of the molecule is CCCNc1ncc([N+](=O)[O-])c(NC(C)CCCO)n1. The van der Waals surface area contributed by atoms with Gasteiger partial charge in [0.15, 0.2) is 0 Å². The number of aliphatic hydroxyl groups is 1. The lowest BCUT2D eigenvalue weighted by Crippen LogP contribution is -2.18. The Morgan fingerprint density at radius 2 is 2.30 bits per heavy atom. The molecule has 0 amide bonds. The molecule has 1 unspecified atom stereocenters. The number of hydrogen-bond acceptors (Lipinski definition) is 7. The van der Waals surface area contributed by atoms with Crippen LogP contribution in [0.25, 0.3) is 0 Å². The molecule has 8 heteroatoms. The van der Waals surface area contributed by atoms with E-state index < -0.39 is 4.92 Å². The second-order valence-electron chi connectivity index (χ2n) is 4.52. The summed E-state index contributed by atoms with van der Waals surface area (Å²) in [6.07, 6.45) is 3.45. The van der Waals surface area contributed by atoms with Crippen LogP contribution in [0.1, 0.15) is 33.1 Å². The van der Waals surface area contributed by atoms with Crippen LogP contribution in [0.4, 0.5) is 17.5 Å². The van der Waals surface area contributed by atoms with Crippen LogP contribution >= 0.6 is 0 Å². The number of aromatic nitrogens is 2. The summed E-state index contributed by atoms with van der Waals surface area (Å²) in [5.41, 5.74) is -0.150. The van der Waals surface area contributed by atoms with Crippen molar-refractivity contribution < 1.29 is 10.0 Å². The Balaban J connectivity index is 2.85. The van der Waals surface area contributed by atoms with Gasteiger partial charge in [0, 0.05) is 19.2 Å². The number of nitrogens with zero attached hydrogens (tertiary/aromatic N) is 3. The van der Waals surface area contributed by atoms with E-state index in [0.717, 1.165) is 6.42 Å². The molecule has 0 spiro atoms. The highest BCUT2D eigenvalue weighted by molar-refractivity contribution is 5.57. The van der Waals surface area contributed by atoms with Gasteiger partial charge < -0.3 is 15.7 Å². The van der Waals surface area contributed by atoms with Crippen LogP contribution in [0.5, 0.6) is 0 Å². The van der Waals surface area contributed by atoms with E-state index in [-0.39, 0.29) is 24.2 Å². The van der Waals surface area contributed by atoms with Gasteiger partial charge in [-0.3, -0.25) is 10.1 Å². The molecule has 1 aromatic rings. The molecule has 0 aliphatic heterocycles. The molecule has 1 atom stereocenters. The van der Waals surface area contributed by atoms with Crippen molar-refractivity contribution in [3.05, 3.63) is 16.3 Å². The fourth-order valence-electron chi connectivity index (χ4n) is 1.64. The molecule has 0 aliphatic rings. The van der Waals surface area contributed by atoms with Crippen LogP contribution in [-0.2, 0) is 0 Å². The van der Waals surface area contributed by atoms with E-state index in [1.807, 2.05) is 13.8 Å². The molecule has 0 saturated heterocycles. The summed E-state index contributed by atoms with van der Waals surface area (Å²) >= 11 is 0. The van der Waals surface area contributed by atoms with E-state index in [9.17, 15) is 10.1 Å². The van der Waals surface area contributed by atoms with Gasteiger partial charge in [0.2, 0.25) is 11.8 Å². The van der Waals surface area contributed by atoms with Gasteiger partial charge in [-0.2, -0.15) is 4.98 Å². The number of hydrogen-bond donors (Lipinski definition) is 3. The molecule has 8 nitrogen and oxygen atoms in total. The van der Waals surface area contributed by atoms with Gasteiger partial charge in [-0.05, 0) is 26.2 Å². The Morgan fingerprint density at radius 1 is 1.55 bits per heavy atom. The molecule has 0 bridgehead atoms. The first-order valence-electron chi connectivity index (χ1n) is 6.71. The molecule has 112 valence electrons. The number of nitrogens with one attached hydrogen (secondary N) is 2. The van der Waals surface area contributed by atoms with Crippen LogP contribution in [0, 0.1) is 10.1 Å². The summed E-state index contributed by atoms with van der Waals surface area (Å²) in [6.45, 7) is 4.70. The molecule has 1 aromatic heterocycles. The lowest BCUT2D eigenvalue weighted by Gasteiger charge is -2.14. The van der Waals surface area contributed by atoms with Crippen molar-refractivity contribution >= 4 is 17.5 Å². The van der Waals surface area contributed by atoms with Gasteiger partial charge in [0.1, 0.15) is 6.20 Å². The number of rotatable bonds is 9. The van der Waals surface area contributed by atoms with E-state index in [4.69, 9.17) is 5.11 Å². The molecule has 0 fully saturated rings. The van der Waals surface area contributed by atoms with Crippen LogP contribution in [0.3, 0.4) is 0 Å². The maximum atomic E-state index is 11.0. The zero-order valence-corrected chi connectivity index (χ0v) is 11.8. The molecule has 0 aromatic carbocycles. The Morgan fingerprint density at radius 3 is 2.90 bits per heavy atom. The first kappa shape index (κ1) is 16.1. The molecular formula is C12H21N5O3. The lowest BCUT2D eigenvalue weighted by atomic mass is 10.2. The average Bonchev–Trinajstić information content (AvgIpc) is 2.42. The maximum Gasteiger partial charge on any atom is 0.329 e. The van der Waals surface area contributed by atoms with Crippen LogP contribution < -0.4 is 10.6 Å².